The Kier molecular flexibility index (Phi) is 9.49. The van der Waals surface area contributed by atoms with Crippen LogP contribution in [0.4, 0.5) is 5.13 Å². The Labute approximate surface area is 262 Å². The highest BCUT2D eigenvalue weighted by Gasteiger charge is 2.48. The minimum atomic E-state index is -1.01. The molecule has 8 nitrogen and oxygen atoms in total. The number of carbonyl (C=O) groups excluding carboxylic acids is 2. The minimum Gasteiger partial charge on any atom is -0.507 e. The van der Waals surface area contributed by atoms with Crippen molar-refractivity contribution in [3.8, 4) is 11.5 Å². The van der Waals surface area contributed by atoms with Crippen LogP contribution in [0.15, 0.2) is 89.3 Å². The highest BCUT2D eigenvalue weighted by Crippen LogP contribution is 2.45. The van der Waals surface area contributed by atoms with Gasteiger partial charge in [-0.15, -0.1) is 10.2 Å². The molecule has 1 unspecified atom stereocenters. The van der Waals surface area contributed by atoms with Crippen molar-refractivity contribution in [3.05, 3.63) is 112 Å². The largest absolute Gasteiger partial charge is 0.507 e. The second kappa shape index (κ2) is 13.5. The van der Waals surface area contributed by atoms with Crippen LogP contribution in [0, 0.1) is 6.92 Å². The molecule has 1 amide bonds. The number of hydrogen-bond acceptors (Lipinski definition) is 9. The molecule has 5 rings (SSSR count). The standard InChI is InChI=1S/C32H28ClN3O5S2/c1-4-16-41-24-15-12-22(17-25(24)40-5-2)27-26(28(37)21-10-13-23(33)14-11-21)29(38)30(39)36(27)31-34-35-32(43-31)42-18-20-8-6-19(3)7-9-20/h4,6-15,17,27,37H,1,5,16,18H2,2-3H3/b28-26+. The van der Waals surface area contributed by atoms with E-state index in [2.05, 4.69) is 28.9 Å². The van der Waals surface area contributed by atoms with Gasteiger partial charge in [0.05, 0.1) is 18.2 Å². The minimum absolute atomic E-state index is 0.0846. The van der Waals surface area contributed by atoms with Gasteiger partial charge in [0.25, 0.3) is 5.78 Å². The van der Waals surface area contributed by atoms with Gasteiger partial charge in [-0.3, -0.25) is 14.5 Å². The zero-order valence-electron chi connectivity index (χ0n) is 23.5. The van der Waals surface area contributed by atoms with Gasteiger partial charge in [-0.05, 0) is 61.4 Å². The number of Topliss-reactive ketones (excluding diaryl/α,β-unsaturated/α-hetero) is 1. The predicted octanol–water partition coefficient (Wildman–Crippen LogP) is 7.38. The third-order valence-electron chi connectivity index (χ3n) is 6.59. The molecule has 1 aliphatic heterocycles. The summed E-state index contributed by atoms with van der Waals surface area (Å²) in [6.45, 7) is 8.19. The maximum absolute atomic E-state index is 13.6. The molecule has 1 fully saturated rings. The molecule has 2 heterocycles. The number of ether oxygens (including phenoxy) is 2. The first-order chi connectivity index (χ1) is 20.8. The van der Waals surface area contributed by atoms with Crippen LogP contribution in [0.1, 0.15) is 35.2 Å². The van der Waals surface area contributed by atoms with Crippen LogP contribution >= 0.6 is 34.7 Å². The van der Waals surface area contributed by atoms with Crippen LogP contribution in [0.3, 0.4) is 0 Å². The zero-order valence-corrected chi connectivity index (χ0v) is 25.8. The van der Waals surface area contributed by atoms with Gasteiger partial charge in [-0.1, -0.05) is 83.2 Å². The van der Waals surface area contributed by atoms with E-state index in [0.717, 1.165) is 5.56 Å². The summed E-state index contributed by atoms with van der Waals surface area (Å²) in [5.41, 5.74) is 3.08. The van der Waals surface area contributed by atoms with Gasteiger partial charge in [-0.2, -0.15) is 0 Å². The number of aryl methyl sites for hydroxylation is 1. The number of carbonyl (C=O) groups is 2. The summed E-state index contributed by atoms with van der Waals surface area (Å²) in [6.07, 6.45) is 1.62. The summed E-state index contributed by atoms with van der Waals surface area (Å²) in [5.74, 6) is -0.428. The molecule has 4 aromatic rings. The Hall–Kier alpha value is -4.12. The summed E-state index contributed by atoms with van der Waals surface area (Å²) < 4.78 is 12.2. The van der Waals surface area contributed by atoms with Crippen molar-refractivity contribution in [2.24, 2.45) is 0 Å². The first-order valence-corrected chi connectivity index (χ1v) is 15.6. The van der Waals surface area contributed by atoms with Crippen LogP contribution in [0.25, 0.3) is 5.76 Å². The average molecular weight is 634 g/mol. The van der Waals surface area contributed by atoms with Crippen LogP contribution < -0.4 is 14.4 Å². The first kappa shape index (κ1) is 30.3. The normalized spacial score (nSPS) is 16.0. The Morgan fingerprint density at radius 2 is 1.81 bits per heavy atom. The fourth-order valence-corrected chi connectivity index (χ4v) is 6.48. The number of aromatic nitrogens is 2. The number of aliphatic hydroxyl groups excluding tert-OH is 1. The number of aliphatic hydroxyl groups is 1. The lowest BCUT2D eigenvalue weighted by Gasteiger charge is -2.23. The molecule has 1 atom stereocenters. The predicted molar refractivity (Wildman–Crippen MR) is 170 cm³/mol. The summed E-state index contributed by atoms with van der Waals surface area (Å²) >= 11 is 8.74. The van der Waals surface area contributed by atoms with Crippen molar-refractivity contribution in [1.29, 1.82) is 0 Å². The molecular formula is C32H28ClN3O5S2. The number of benzene rings is 3. The monoisotopic (exact) mass is 633 g/mol. The maximum atomic E-state index is 13.6. The SMILES string of the molecule is C=CCOc1ccc(C2/C(=C(\O)c3ccc(Cl)cc3)C(=O)C(=O)N2c2nnc(SCc3ccc(C)cc3)s2)cc1OCC. The number of halogens is 1. The topological polar surface area (TPSA) is 102 Å². The number of nitrogens with zero attached hydrogens (tertiary/aromatic N) is 3. The van der Waals surface area contributed by atoms with E-state index >= 15 is 0 Å². The number of amides is 1. The molecule has 11 heteroatoms. The van der Waals surface area contributed by atoms with E-state index in [1.807, 2.05) is 26.0 Å². The fraction of sp³-hybridized carbons (Fsp3) is 0.188. The van der Waals surface area contributed by atoms with E-state index < -0.39 is 17.7 Å². The van der Waals surface area contributed by atoms with Crippen LogP contribution in [0.2, 0.25) is 5.02 Å². The Bertz CT molecular complexity index is 1690. The van der Waals surface area contributed by atoms with Crippen LogP contribution in [-0.2, 0) is 15.3 Å². The van der Waals surface area contributed by atoms with E-state index in [9.17, 15) is 14.7 Å². The number of hydrogen-bond donors (Lipinski definition) is 1. The van der Waals surface area contributed by atoms with Crippen molar-refractivity contribution in [2.75, 3.05) is 18.1 Å². The van der Waals surface area contributed by atoms with E-state index in [-0.39, 0.29) is 23.1 Å². The number of rotatable bonds is 11. The molecule has 0 spiro atoms. The first-order valence-electron chi connectivity index (χ1n) is 13.4. The van der Waals surface area contributed by atoms with Gasteiger partial charge in [0.1, 0.15) is 12.4 Å². The van der Waals surface area contributed by atoms with Crippen molar-refractivity contribution in [2.45, 2.75) is 30.0 Å². The molecule has 0 bridgehead atoms. The summed E-state index contributed by atoms with van der Waals surface area (Å²) in [7, 11) is 0. The highest BCUT2D eigenvalue weighted by molar-refractivity contribution is 8.00. The third kappa shape index (κ3) is 6.61. The Balaban J connectivity index is 1.57. The molecule has 1 N–H and O–H groups in total. The third-order valence-corrected chi connectivity index (χ3v) is 8.97. The second-order valence-corrected chi connectivity index (χ2v) is 12.2. The van der Waals surface area contributed by atoms with Gasteiger partial charge in [-0.25, -0.2) is 0 Å². The Morgan fingerprint density at radius 3 is 2.51 bits per heavy atom. The van der Waals surface area contributed by atoms with Crippen LogP contribution in [-0.4, -0.2) is 40.2 Å². The molecule has 3 aromatic carbocycles. The van der Waals surface area contributed by atoms with E-state index in [1.54, 1.807) is 48.5 Å². The lowest BCUT2D eigenvalue weighted by atomic mass is 9.95. The molecular weight excluding hydrogens is 606 g/mol. The van der Waals surface area contributed by atoms with Gasteiger partial charge in [0.2, 0.25) is 5.13 Å². The zero-order chi connectivity index (χ0) is 30.5. The molecule has 43 heavy (non-hydrogen) atoms. The summed E-state index contributed by atoms with van der Waals surface area (Å²) in [5, 5.41) is 20.7. The average Bonchev–Trinajstić information content (AvgIpc) is 3.58. The Morgan fingerprint density at radius 1 is 1.07 bits per heavy atom. The van der Waals surface area contributed by atoms with Gasteiger partial charge in [0, 0.05) is 16.3 Å². The second-order valence-electron chi connectivity index (χ2n) is 9.54. The summed E-state index contributed by atoms with van der Waals surface area (Å²) in [4.78, 5) is 28.5. The smallest absolute Gasteiger partial charge is 0.301 e. The van der Waals surface area contributed by atoms with Crippen LogP contribution in [0.5, 0.6) is 11.5 Å². The maximum Gasteiger partial charge on any atom is 0.301 e. The lowest BCUT2D eigenvalue weighted by molar-refractivity contribution is -0.132. The van der Waals surface area contributed by atoms with E-state index in [4.69, 9.17) is 21.1 Å². The van der Waals surface area contributed by atoms with Crippen molar-refractivity contribution >= 4 is 57.3 Å². The summed E-state index contributed by atoms with van der Waals surface area (Å²) in [6, 6.07) is 18.7. The van der Waals surface area contributed by atoms with Gasteiger partial charge in [0.15, 0.2) is 15.8 Å². The highest BCUT2D eigenvalue weighted by atomic mass is 35.5. The van der Waals surface area contributed by atoms with Gasteiger partial charge < -0.3 is 14.6 Å². The molecule has 1 aromatic heterocycles. The molecule has 0 saturated carbocycles. The number of ketones is 1. The lowest BCUT2D eigenvalue weighted by Crippen LogP contribution is -2.29. The van der Waals surface area contributed by atoms with Crippen molar-refractivity contribution < 1.29 is 24.2 Å². The van der Waals surface area contributed by atoms with Crippen molar-refractivity contribution in [1.82, 2.24) is 10.2 Å². The van der Waals surface area contributed by atoms with Gasteiger partial charge >= 0.3 is 5.91 Å². The molecule has 1 saturated heterocycles. The number of thioether (sulfide) groups is 1. The quantitative estimate of drug-likeness (QED) is 0.0456. The molecule has 220 valence electrons. The fourth-order valence-electron chi connectivity index (χ4n) is 4.53. The van der Waals surface area contributed by atoms with Crippen molar-refractivity contribution in [3.63, 3.8) is 0 Å². The molecule has 0 radical (unpaired) electrons. The molecule has 0 aliphatic carbocycles. The van der Waals surface area contributed by atoms with E-state index in [1.165, 1.54) is 33.6 Å². The molecule has 1 aliphatic rings. The van der Waals surface area contributed by atoms with E-state index in [0.29, 0.717) is 44.3 Å². The number of anilines is 1.